The van der Waals surface area contributed by atoms with E-state index < -0.39 is 36.6 Å². The first-order valence-corrected chi connectivity index (χ1v) is 14.4. The number of halogens is 4. The molecule has 0 unspecified atom stereocenters. The largest absolute Gasteiger partial charge is 0.573 e. The number of ether oxygens (including phenoxy) is 1. The van der Waals surface area contributed by atoms with Gasteiger partial charge in [-0.25, -0.2) is 9.97 Å². The van der Waals surface area contributed by atoms with Gasteiger partial charge in [0.15, 0.2) is 0 Å². The number of nitrogens with zero attached hydrogens (tertiary/aromatic N) is 4. The Bertz CT molecular complexity index is 1580. The number of rotatable bonds is 9. The van der Waals surface area contributed by atoms with E-state index in [-0.39, 0.29) is 42.3 Å². The van der Waals surface area contributed by atoms with Gasteiger partial charge in [0.25, 0.3) is 0 Å². The number of amides is 1. The Morgan fingerprint density at radius 1 is 1.16 bits per heavy atom. The van der Waals surface area contributed by atoms with Gasteiger partial charge in [0.2, 0.25) is 11.9 Å². The van der Waals surface area contributed by atoms with Crippen LogP contribution in [0.5, 0.6) is 5.75 Å². The number of aryl methyl sites for hydroxylation is 1. The van der Waals surface area contributed by atoms with Crippen LogP contribution in [0.4, 0.5) is 24.9 Å². The van der Waals surface area contributed by atoms with Crippen molar-refractivity contribution in [2.75, 3.05) is 17.2 Å². The van der Waals surface area contributed by atoms with Gasteiger partial charge in [0.05, 0.1) is 46.3 Å². The Hall–Kier alpha value is -3.79. The van der Waals surface area contributed by atoms with Crippen LogP contribution in [0, 0.1) is 12.8 Å². The van der Waals surface area contributed by atoms with Gasteiger partial charge in [-0.05, 0) is 51.0 Å². The monoisotopic (exact) mass is 653 g/mol. The minimum absolute atomic E-state index is 0. The number of benzene rings is 1. The molecule has 1 saturated carbocycles. The zero-order chi connectivity index (χ0) is 30.9. The first-order chi connectivity index (χ1) is 20.4. The highest BCUT2D eigenvalue weighted by Crippen LogP contribution is 2.38. The predicted molar refractivity (Wildman–Crippen MR) is 162 cm³/mol. The number of alkyl halides is 3. The number of anilines is 2. The molecule has 0 saturated heterocycles. The molecule has 5 atom stereocenters. The smallest absolute Gasteiger partial charge is 0.406 e. The highest BCUT2D eigenvalue weighted by molar-refractivity contribution is 7.21. The molecule has 1 aliphatic rings. The van der Waals surface area contributed by atoms with Crippen molar-refractivity contribution in [2.24, 2.45) is 5.92 Å². The number of nitrogens with one attached hydrogen (secondary N) is 3. The normalized spacial score (nSPS) is 20.5. The summed E-state index contributed by atoms with van der Waals surface area (Å²) < 4.78 is 42.5. The van der Waals surface area contributed by atoms with E-state index in [4.69, 9.17) is 9.97 Å². The Morgan fingerprint density at radius 3 is 2.55 bits per heavy atom. The molecule has 3 heterocycles. The van der Waals surface area contributed by atoms with Gasteiger partial charge in [-0.2, -0.15) is 4.98 Å². The summed E-state index contributed by atoms with van der Waals surface area (Å²) in [6.45, 7) is 5.74. The Kier molecular flexibility index (Phi) is 10.1. The maximum atomic E-state index is 12.8. The Labute approximate surface area is 260 Å². The summed E-state index contributed by atoms with van der Waals surface area (Å²) in [5, 5.41) is 31.0. The molecule has 0 aliphatic heterocycles. The second-order valence-electron chi connectivity index (χ2n) is 10.2. The van der Waals surface area contributed by atoms with Crippen LogP contribution in [-0.2, 0) is 4.79 Å². The minimum Gasteiger partial charge on any atom is -0.406 e. The van der Waals surface area contributed by atoms with Crippen molar-refractivity contribution in [3.63, 3.8) is 0 Å². The number of aliphatic hydroxyl groups is 2. The van der Waals surface area contributed by atoms with Crippen molar-refractivity contribution in [2.45, 2.75) is 57.8 Å². The molecule has 11 nitrogen and oxygen atoms in total. The highest BCUT2D eigenvalue weighted by atomic mass is 35.5. The molecule has 1 aromatic carbocycles. The number of fused-ring (bicyclic) bond motifs is 1. The standard InChI is InChI=1S/C28H30F3N7O4S.ClH/c1-4-33-25(41)17-11-19(39)23(40)22(17)37-24-21(26-36-18-12-32-10-9-20(18)43-26)14(3)35-27(38-24)34-13(2)15-5-7-16(8-6-15)42-28(29,30)31;/h5-10,12-13,17,19,22-23,39-40H,4,11H2,1-3H3,(H,33,41)(H2,34,35,37,38);1H/t13-,17-,19-,22-,23-;/m1./s1. The maximum Gasteiger partial charge on any atom is 0.573 e. The van der Waals surface area contributed by atoms with E-state index in [0.717, 1.165) is 4.70 Å². The van der Waals surface area contributed by atoms with Gasteiger partial charge in [-0.1, -0.05) is 12.1 Å². The second kappa shape index (κ2) is 13.5. The third kappa shape index (κ3) is 7.29. The number of carbonyl (C=O) groups is 1. The summed E-state index contributed by atoms with van der Waals surface area (Å²) >= 11 is 1.40. The molecule has 0 radical (unpaired) electrons. The van der Waals surface area contributed by atoms with Crippen molar-refractivity contribution in [3.8, 4) is 16.3 Å². The highest BCUT2D eigenvalue weighted by Gasteiger charge is 2.45. The molecule has 1 amide bonds. The SMILES string of the molecule is CCNC(=O)[C@@H]1C[C@@H](O)[C@@H](O)[C@@H]1Nc1nc(N[C@H](C)c2ccc(OC(F)(F)F)cc2)nc(C)c1-c1nc2cnccc2s1.Cl. The quantitative estimate of drug-likeness (QED) is 0.173. The van der Waals surface area contributed by atoms with Gasteiger partial charge in [0, 0.05) is 12.7 Å². The van der Waals surface area contributed by atoms with Crippen molar-refractivity contribution in [3.05, 3.63) is 54.0 Å². The number of hydrogen-bond donors (Lipinski definition) is 5. The summed E-state index contributed by atoms with van der Waals surface area (Å²) in [7, 11) is 0. The third-order valence-corrected chi connectivity index (χ3v) is 8.19. The summed E-state index contributed by atoms with van der Waals surface area (Å²) in [6, 6.07) is 6.00. The molecule has 1 aliphatic carbocycles. The molecule has 5 rings (SSSR count). The lowest BCUT2D eigenvalue weighted by Crippen LogP contribution is -2.43. The summed E-state index contributed by atoms with van der Waals surface area (Å²) in [5.74, 6) is -0.900. The minimum atomic E-state index is -4.79. The van der Waals surface area contributed by atoms with E-state index in [0.29, 0.717) is 33.9 Å². The second-order valence-corrected chi connectivity index (χ2v) is 11.2. The average molecular weight is 654 g/mol. The molecule has 3 aromatic heterocycles. The predicted octanol–water partition coefficient (Wildman–Crippen LogP) is 4.61. The molecule has 16 heteroatoms. The average Bonchev–Trinajstić information content (AvgIpc) is 3.49. The van der Waals surface area contributed by atoms with Crippen LogP contribution in [-0.4, -0.2) is 67.2 Å². The molecule has 0 spiro atoms. The van der Waals surface area contributed by atoms with E-state index >= 15 is 0 Å². The number of hydrogen-bond acceptors (Lipinski definition) is 11. The van der Waals surface area contributed by atoms with E-state index in [1.54, 1.807) is 33.2 Å². The Balaban J connectivity index is 0.00000442. The van der Waals surface area contributed by atoms with Gasteiger partial charge in [-0.3, -0.25) is 9.78 Å². The number of aliphatic hydroxyl groups excluding tert-OH is 2. The van der Waals surface area contributed by atoms with Gasteiger partial charge in [-0.15, -0.1) is 36.9 Å². The van der Waals surface area contributed by atoms with Crippen LogP contribution in [0.3, 0.4) is 0 Å². The van der Waals surface area contributed by atoms with Crippen molar-refractivity contribution < 1.29 is 32.9 Å². The van der Waals surface area contributed by atoms with E-state index in [1.807, 2.05) is 6.07 Å². The lowest BCUT2D eigenvalue weighted by atomic mass is 10.0. The van der Waals surface area contributed by atoms with Gasteiger partial charge < -0.3 is 30.9 Å². The van der Waals surface area contributed by atoms with Crippen molar-refractivity contribution >= 4 is 51.6 Å². The summed E-state index contributed by atoms with van der Waals surface area (Å²) in [6.07, 6.45) is -3.79. The van der Waals surface area contributed by atoms with Crippen molar-refractivity contribution in [1.82, 2.24) is 25.3 Å². The molecule has 1 fully saturated rings. The third-order valence-electron chi connectivity index (χ3n) is 7.14. The number of pyridine rings is 1. The fourth-order valence-corrected chi connectivity index (χ4v) is 6.09. The van der Waals surface area contributed by atoms with Gasteiger partial charge in [0.1, 0.15) is 28.2 Å². The molecule has 4 aromatic rings. The molecular formula is C28H31ClF3N7O4S. The fourth-order valence-electron chi connectivity index (χ4n) is 5.06. The van der Waals surface area contributed by atoms with Gasteiger partial charge >= 0.3 is 6.36 Å². The number of thiazole rings is 1. The van der Waals surface area contributed by atoms with Crippen LogP contribution in [0.25, 0.3) is 20.8 Å². The molecule has 44 heavy (non-hydrogen) atoms. The van der Waals surface area contributed by atoms with Crippen LogP contribution in [0.2, 0.25) is 0 Å². The summed E-state index contributed by atoms with van der Waals surface area (Å²) in [5.41, 5.74) is 2.42. The molecular weight excluding hydrogens is 623 g/mol. The molecule has 236 valence electrons. The van der Waals surface area contributed by atoms with E-state index in [9.17, 15) is 28.2 Å². The van der Waals surface area contributed by atoms with Crippen LogP contribution in [0.1, 0.15) is 37.6 Å². The zero-order valence-corrected chi connectivity index (χ0v) is 25.4. The first-order valence-electron chi connectivity index (χ1n) is 13.6. The van der Waals surface area contributed by atoms with Crippen LogP contribution in [0.15, 0.2) is 42.7 Å². The van der Waals surface area contributed by atoms with Crippen molar-refractivity contribution in [1.29, 1.82) is 0 Å². The lowest BCUT2D eigenvalue weighted by molar-refractivity contribution is -0.274. The number of carbonyl (C=O) groups excluding carboxylic acids is 1. The Morgan fingerprint density at radius 2 is 1.89 bits per heavy atom. The first kappa shape index (κ1) is 33.1. The molecule has 5 N–H and O–H groups in total. The molecule has 0 bridgehead atoms. The zero-order valence-electron chi connectivity index (χ0n) is 23.8. The topological polar surface area (TPSA) is 154 Å². The van der Waals surface area contributed by atoms with E-state index in [2.05, 4.69) is 30.7 Å². The van der Waals surface area contributed by atoms with E-state index in [1.165, 1.54) is 35.6 Å². The fraction of sp³-hybridized carbons (Fsp3) is 0.393. The number of aromatic nitrogens is 4. The van der Waals surface area contributed by atoms with Crippen LogP contribution >= 0.6 is 23.7 Å². The summed E-state index contributed by atoms with van der Waals surface area (Å²) in [4.78, 5) is 31.0. The lowest BCUT2D eigenvalue weighted by Gasteiger charge is -2.25. The maximum absolute atomic E-state index is 12.8. The van der Waals surface area contributed by atoms with Crippen LogP contribution < -0.4 is 20.7 Å².